The van der Waals surface area contributed by atoms with Gasteiger partial charge in [-0.25, -0.2) is 13.4 Å². The second-order valence-electron chi connectivity index (χ2n) is 1.79. The largest absolute Gasteiger partial charge is 0.348 e. The summed E-state index contributed by atoms with van der Waals surface area (Å²) in [4.78, 5) is 6.23. The molecule has 1 aromatic heterocycles. The molecule has 2 N–H and O–H groups in total. The molecule has 0 saturated carbocycles. The number of nitrogens with zero attached hydrogens (tertiary/aromatic N) is 1. The molecule has 0 saturated heterocycles. The van der Waals surface area contributed by atoms with E-state index in [-0.39, 0.29) is 5.75 Å². The highest BCUT2D eigenvalue weighted by molar-refractivity contribution is 7.87. The number of hydrogen-bond acceptors (Lipinski definition) is 3. The predicted octanol–water partition coefficient (Wildman–Crippen LogP) is -0.478. The molecule has 0 fully saturated rings. The summed E-state index contributed by atoms with van der Waals surface area (Å²) in [6.07, 6.45) is 2.96. The summed E-state index contributed by atoms with van der Waals surface area (Å²) in [7, 11) is -3.69. The fourth-order valence-corrected chi connectivity index (χ4v) is 1.07. The third-order valence-electron chi connectivity index (χ3n) is 0.882. The Hall–Kier alpha value is -0.880. The van der Waals surface area contributed by atoms with Crippen molar-refractivity contribution in [2.24, 2.45) is 0 Å². The van der Waals surface area contributed by atoms with Crippen LogP contribution in [0, 0.1) is 0 Å². The quantitative estimate of drug-likeness (QED) is 0.634. The number of hydrogen-bond donors (Lipinski definition) is 1. The molecule has 0 bridgehead atoms. The molecule has 0 atom stereocenters. The summed E-state index contributed by atoms with van der Waals surface area (Å²) in [6, 6.07) is 0. The van der Waals surface area contributed by atoms with Gasteiger partial charge in [0.15, 0.2) is 0 Å². The van der Waals surface area contributed by atoms with Gasteiger partial charge in [-0.3, -0.25) is 0 Å². The van der Waals surface area contributed by atoms with Crippen LogP contribution in [0.15, 0.2) is 12.4 Å². The van der Waals surface area contributed by atoms with E-state index in [0.29, 0.717) is 5.82 Å². The third kappa shape index (κ3) is 2.16. The zero-order valence-electron chi connectivity index (χ0n) is 5.03. The minimum Gasteiger partial charge on any atom is -0.348 e. The van der Waals surface area contributed by atoms with Crippen LogP contribution in [0.25, 0.3) is 0 Å². The van der Waals surface area contributed by atoms with Crippen LogP contribution in [-0.4, -0.2) is 18.4 Å². The van der Waals surface area contributed by atoms with Crippen LogP contribution in [0.2, 0.25) is 0 Å². The summed E-state index contributed by atoms with van der Waals surface area (Å²) in [5.41, 5.74) is 0. The van der Waals surface area contributed by atoms with Gasteiger partial charge < -0.3 is 4.98 Å². The van der Waals surface area contributed by atoms with Gasteiger partial charge in [0.05, 0.1) is 0 Å². The predicted molar refractivity (Wildman–Crippen MR) is 34.3 cm³/mol. The smallest absolute Gasteiger partial charge is 0.232 e. The molecule has 0 unspecified atom stereocenters. The molecule has 1 rings (SSSR count). The summed E-state index contributed by atoms with van der Waals surface area (Å²) in [6.45, 7) is 0. The van der Waals surface area contributed by atoms with Crippen molar-refractivity contribution in [2.45, 2.75) is 5.75 Å². The van der Waals surface area contributed by atoms with Gasteiger partial charge in [0.2, 0.25) is 10.0 Å². The van der Waals surface area contributed by atoms with Gasteiger partial charge >= 0.3 is 0 Å². The minimum absolute atomic E-state index is 0.301. The second kappa shape index (κ2) is 2.39. The maximum Gasteiger partial charge on any atom is 0.232 e. The average Bonchev–Trinajstić information content (AvgIpc) is 2.12. The van der Waals surface area contributed by atoms with Crippen molar-refractivity contribution < 1.29 is 8.42 Å². The molecule has 1 heterocycles. The van der Waals surface area contributed by atoms with Gasteiger partial charge in [-0.15, -0.1) is 5.14 Å². The van der Waals surface area contributed by atoms with Crippen molar-refractivity contribution in [1.82, 2.24) is 15.1 Å². The van der Waals surface area contributed by atoms with Crippen molar-refractivity contribution >= 4 is 10.0 Å². The first kappa shape index (κ1) is 7.23. The Kier molecular flexibility index (Phi) is 1.73. The SMILES string of the molecule is [NH]S(=O)(=O)Cc1ncc[nH]1. The van der Waals surface area contributed by atoms with Gasteiger partial charge in [0.1, 0.15) is 11.6 Å². The van der Waals surface area contributed by atoms with Crippen LogP contribution in [-0.2, 0) is 15.8 Å². The average molecular weight is 160 g/mol. The normalized spacial score (nSPS) is 11.7. The van der Waals surface area contributed by atoms with E-state index in [2.05, 4.69) is 9.97 Å². The highest BCUT2D eigenvalue weighted by Gasteiger charge is 2.06. The number of H-pyrrole nitrogens is 1. The second-order valence-corrected chi connectivity index (χ2v) is 3.31. The Morgan fingerprint density at radius 1 is 1.70 bits per heavy atom. The lowest BCUT2D eigenvalue weighted by Crippen LogP contribution is -2.04. The first-order chi connectivity index (χ1) is 4.58. The summed E-state index contributed by atoms with van der Waals surface area (Å²) in [5, 5.41) is 6.52. The molecule has 5 nitrogen and oxygen atoms in total. The Morgan fingerprint density at radius 2 is 2.40 bits per heavy atom. The molecular weight excluding hydrogens is 154 g/mol. The maximum atomic E-state index is 10.3. The van der Waals surface area contributed by atoms with Crippen LogP contribution < -0.4 is 5.14 Å². The van der Waals surface area contributed by atoms with E-state index in [1.165, 1.54) is 12.4 Å². The monoisotopic (exact) mass is 160 g/mol. The molecule has 0 aliphatic heterocycles. The molecule has 55 valence electrons. The summed E-state index contributed by atoms with van der Waals surface area (Å²) >= 11 is 0. The van der Waals surface area contributed by atoms with E-state index in [0.717, 1.165) is 0 Å². The molecule has 6 heteroatoms. The Bertz CT molecular complexity index is 288. The number of nitrogens with one attached hydrogen (secondary N) is 2. The number of aromatic nitrogens is 2. The zero-order chi connectivity index (χ0) is 7.61. The van der Waals surface area contributed by atoms with E-state index < -0.39 is 10.0 Å². The van der Waals surface area contributed by atoms with Crippen LogP contribution in [0.1, 0.15) is 5.82 Å². The van der Waals surface area contributed by atoms with Gasteiger partial charge in [-0.1, -0.05) is 0 Å². The van der Waals surface area contributed by atoms with Crippen molar-refractivity contribution in [1.29, 1.82) is 0 Å². The van der Waals surface area contributed by atoms with Crippen LogP contribution >= 0.6 is 0 Å². The van der Waals surface area contributed by atoms with E-state index in [4.69, 9.17) is 5.14 Å². The van der Waals surface area contributed by atoms with Gasteiger partial charge in [-0.2, -0.15) is 0 Å². The fourth-order valence-electron chi connectivity index (χ4n) is 0.557. The van der Waals surface area contributed by atoms with Crippen molar-refractivity contribution in [3.8, 4) is 0 Å². The van der Waals surface area contributed by atoms with Crippen molar-refractivity contribution in [3.63, 3.8) is 0 Å². The summed E-state index contributed by atoms with van der Waals surface area (Å²) < 4.78 is 20.6. The van der Waals surface area contributed by atoms with Gasteiger partial charge in [0.25, 0.3) is 0 Å². The molecule has 1 radical (unpaired) electrons. The molecule has 10 heavy (non-hydrogen) atoms. The lowest BCUT2D eigenvalue weighted by molar-refractivity contribution is 0.594. The lowest BCUT2D eigenvalue weighted by Gasteiger charge is -1.89. The highest BCUT2D eigenvalue weighted by atomic mass is 32.2. The molecular formula is C4H6N3O2S. The first-order valence-electron chi connectivity index (χ1n) is 2.53. The summed E-state index contributed by atoms with van der Waals surface area (Å²) in [5.74, 6) is -0.0463. The standard InChI is InChI=1S/C4H6N3O2S/c5-10(8,9)3-4-6-1-2-7-4/h1-2,5H,3H2,(H,6,7). The molecule has 0 aliphatic rings. The van der Waals surface area contributed by atoms with Crippen LogP contribution in [0.4, 0.5) is 0 Å². The molecule has 1 aromatic rings. The van der Waals surface area contributed by atoms with E-state index in [9.17, 15) is 8.42 Å². The van der Waals surface area contributed by atoms with Crippen LogP contribution in [0.5, 0.6) is 0 Å². The van der Waals surface area contributed by atoms with E-state index in [1.807, 2.05) is 0 Å². The van der Waals surface area contributed by atoms with Gasteiger partial charge in [0, 0.05) is 12.4 Å². The number of imidazole rings is 1. The highest BCUT2D eigenvalue weighted by Crippen LogP contribution is 1.94. The van der Waals surface area contributed by atoms with Gasteiger partial charge in [-0.05, 0) is 0 Å². The van der Waals surface area contributed by atoms with E-state index >= 15 is 0 Å². The maximum absolute atomic E-state index is 10.3. The third-order valence-corrected chi connectivity index (χ3v) is 1.54. The first-order valence-corrected chi connectivity index (χ1v) is 4.19. The van der Waals surface area contributed by atoms with E-state index in [1.54, 1.807) is 0 Å². The number of rotatable bonds is 2. The minimum atomic E-state index is -3.69. The Balaban J connectivity index is 2.75. The Morgan fingerprint density at radius 3 is 2.80 bits per heavy atom. The molecule has 0 amide bonds. The number of aromatic amines is 1. The van der Waals surface area contributed by atoms with Crippen molar-refractivity contribution in [3.05, 3.63) is 18.2 Å². The zero-order valence-corrected chi connectivity index (χ0v) is 5.85. The molecule has 0 aliphatic carbocycles. The topological polar surface area (TPSA) is 86.6 Å². The Labute approximate surface area is 58.3 Å². The molecule has 0 aromatic carbocycles. The van der Waals surface area contributed by atoms with Crippen molar-refractivity contribution in [2.75, 3.05) is 0 Å². The fraction of sp³-hybridized carbons (Fsp3) is 0.250. The van der Waals surface area contributed by atoms with Crippen LogP contribution in [0.3, 0.4) is 0 Å². The number of sulfonamides is 1. The molecule has 0 spiro atoms. The lowest BCUT2D eigenvalue weighted by atomic mass is 10.7.